The maximum absolute atomic E-state index is 10.9. The minimum Gasteiger partial charge on any atom is -0.478 e. The van der Waals surface area contributed by atoms with Gasteiger partial charge in [0.25, 0.3) is 0 Å². The van der Waals surface area contributed by atoms with E-state index in [1.54, 1.807) is 19.0 Å². The average Bonchev–Trinajstić information content (AvgIpc) is 2.16. The Labute approximate surface area is 81.0 Å². The van der Waals surface area contributed by atoms with E-state index in [1.807, 2.05) is 0 Å². The molecule has 14 heavy (non-hydrogen) atoms. The van der Waals surface area contributed by atoms with Crippen LogP contribution in [0.2, 0.25) is 0 Å². The van der Waals surface area contributed by atoms with E-state index in [2.05, 4.69) is 4.98 Å². The van der Waals surface area contributed by atoms with Gasteiger partial charge in [-0.1, -0.05) is 0 Å². The molecule has 0 saturated heterocycles. The highest BCUT2D eigenvalue weighted by atomic mass is 16.4. The van der Waals surface area contributed by atoms with Gasteiger partial charge < -0.3 is 10.0 Å². The number of carboxylic acids is 1. The molecule has 0 aliphatic carbocycles. The van der Waals surface area contributed by atoms with Crippen molar-refractivity contribution >= 4 is 18.1 Å². The summed E-state index contributed by atoms with van der Waals surface area (Å²) in [6.45, 7) is 0. The van der Waals surface area contributed by atoms with E-state index >= 15 is 0 Å². The molecule has 5 heteroatoms. The molecule has 0 aliphatic heterocycles. The third-order valence-electron chi connectivity index (χ3n) is 1.73. The monoisotopic (exact) mass is 194 g/mol. The fourth-order valence-corrected chi connectivity index (χ4v) is 1.12. The van der Waals surface area contributed by atoms with E-state index in [1.165, 1.54) is 12.3 Å². The van der Waals surface area contributed by atoms with Crippen molar-refractivity contribution in [2.75, 3.05) is 19.0 Å². The molecule has 0 saturated carbocycles. The summed E-state index contributed by atoms with van der Waals surface area (Å²) in [4.78, 5) is 26.9. The van der Waals surface area contributed by atoms with Gasteiger partial charge in [0, 0.05) is 25.9 Å². The standard InChI is InChI=1S/C9H10N2O3/c1-11(2)8-7(9(13)14)6(5-12)3-4-10-8/h3-5H,1-2H3,(H,13,14). The topological polar surface area (TPSA) is 70.5 Å². The first-order chi connectivity index (χ1) is 6.57. The molecule has 0 spiro atoms. The zero-order valence-corrected chi connectivity index (χ0v) is 7.89. The Bertz CT molecular complexity index is 374. The summed E-state index contributed by atoms with van der Waals surface area (Å²) in [5.41, 5.74) is 0.0729. The third-order valence-corrected chi connectivity index (χ3v) is 1.73. The van der Waals surface area contributed by atoms with Crippen LogP contribution in [-0.2, 0) is 0 Å². The maximum Gasteiger partial charge on any atom is 0.340 e. The highest BCUT2D eigenvalue weighted by Crippen LogP contribution is 2.17. The number of hydrogen-bond acceptors (Lipinski definition) is 4. The SMILES string of the molecule is CN(C)c1nccc(C=O)c1C(=O)O. The number of carbonyl (C=O) groups is 2. The van der Waals surface area contributed by atoms with Crippen LogP contribution in [0.15, 0.2) is 12.3 Å². The van der Waals surface area contributed by atoms with Crippen LogP contribution in [0.25, 0.3) is 0 Å². The molecule has 0 unspecified atom stereocenters. The normalized spacial score (nSPS) is 9.57. The van der Waals surface area contributed by atoms with E-state index in [0.29, 0.717) is 6.29 Å². The number of anilines is 1. The number of rotatable bonds is 3. The molecule has 0 radical (unpaired) electrons. The van der Waals surface area contributed by atoms with Crippen molar-refractivity contribution < 1.29 is 14.7 Å². The lowest BCUT2D eigenvalue weighted by atomic mass is 10.1. The number of carbonyl (C=O) groups excluding carboxylic acids is 1. The Balaban J connectivity index is 3.43. The van der Waals surface area contributed by atoms with Gasteiger partial charge in [0.2, 0.25) is 0 Å². The summed E-state index contributed by atoms with van der Waals surface area (Å²) in [5.74, 6) is -0.869. The van der Waals surface area contributed by atoms with Crippen LogP contribution in [0, 0.1) is 0 Å². The summed E-state index contributed by atoms with van der Waals surface area (Å²) < 4.78 is 0. The van der Waals surface area contributed by atoms with E-state index in [4.69, 9.17) is 5.11 Å². The predicted molar refractivity (Wildman–Crippen MR) is 50.9 cm³/mol. The smallest absolute Gasteiger partial charge is 0.340 e. The van der Waals surface area contributed by atoms with Crippen molar-refractivity contribution in [3.05, 3.63) is 23.4 Å². The Hall–Kier alpha value is -1.91. The summed E-state index contributed by atoms with van der Waals surface area (Å²) in [6.07, 6.45) is 1.92. The number of aromatic carboxylic acids is 1. The Morgan fingerprint density at radius 1 is 1.57 bits per heavy atom. The lowest BCUT2D eigenvalue weighted by Crippen LogP contribution is -2.17. The van der Waals surface area contributed by atoms with Crippen LogP contribution in [-0.4, -0.2) is 36.4 Å². The molecule has 1 aromatic heterocycles. The molecule has 0 amide bonds. The van der Waals surface area contributed by atoms with Crippen molar-refractivity contribution in [2.45, 2.75) is 0 Å². The molecule has 5 nitrogen and oxygen atoms in total. The van der Waals surface area contributed by atoms with Gasteiger partial charge in [0.15, 0.2) is 6.29 Å². The molecule has 1 heterocycles. The molecule has 0 atom stereocenters. The third kappa shape index (κ3) is 1.71. The van der Waals surface area contributed by atoms with Gasteiger partial charge in [-0.05, 0) is 6.07 Å². The first-order valence-corrected chi connectivity index (χ1v) is 3.92. The Morgan fingerprint density at radius 3 is 2.64 bits per heavy atom. The molecule has 1 rings (SSSR count). The summed E-state index contributed by atoms with van der Waals surface area (Å²) >= 11 is 0. The van der Waals surface area contributed by atoms with Crippen LogP contribution in [0.3, 0.4) is 0 Å². The van der Waals surface area contributed by atoms with Crippen molar-refractivity contribution in [1.82, 2.24) is 4.98 Å². The highest BCUT2D eigenvalue weighted by Gasteiger charge is 2.17. The van der Waals surface area contributed by atoms with Gasteiger partial charge in [-0.3, -0.25) is 4.79 Å². The first kappa shape index (κ1) is 10.2. The van der Waals surface area contributed by atoms with E-state index < -0.39 is 5.97 Å². The number of aromatic nitrogens is 1. The van der Waals surface area contributed by atoms with Gasteiger partial charge >= 0.3 is 5.97 Å². The summed E-state index contributed by atoms with van der Waals surface area (Å²) in [7, 11) is 3.34. The second-order valence-corrected chi connectivity index (χ2v) is 2.92. The van der Waals surface area contributed by atoms with Crippen LogP contribution >= 0.6 is 0 Å². The van der Waals surface area contributed by atoms with Gasteiger partial charge in [0.1, 0.15) is 11.4 Å². The van der Waals surface area contributed by atoms with Gasteiger partial charge in [-0.15, -0.1) is 0 Å². The molecule has 0 aliphatic rings. The van der Waals surface area contributed by atoms with Gasteiger partial charge in [-0.2, -0.15) is 0 Å². The zero-order chi connectivity index (χ0) is 10.7. The first-order valence-electron chi connectivity index (χ1n) is 3.92. The number of pyridine rings is 1. The summed E-state index contributed by atoms with van der Waals surface area (Å²) in [6, 6.07) is 1.38. The molecule has 1 N–H and O–H groups in total. The van der Waals surface area contributed by atoms with Gasteiger partial charge in [0.05, 0.1) is 0 Å². The largest absolute Gasteiger partial charge is 0.478 e. The minimum atomic E-state index is -1.15. The average molecular weight is 194 g/mol. The van der Waals surface area contributed by atoms with Gasteiger partial charge in [-0.25, -0.2) is 9.78 Å². The Morgan fingerprint density at radius 2 is 2.21 bits per heavy atom. The molecule has 0 aromatic carbocycles. The van der Waals surface area contributed by atoms with Crippen LogP contribution < -0.4 is 4.90 Å². The molecular formula is C9H10N2O3. The van der Waals surface area contributed by atoms with Crippen molar-refractivity contribution in [1.29, 1.82) is 0 Å². The lowest BCUT2D eigenvalue weighted by molar-refractivity contribution is 0.0694. The zero-order valence-electron chi connectivity index (χ0n) is 7.89. The number of nitrogens with zero attached hydrogens (tertiary/aromatic N) is 2. The van der Waals surface area contributed by atoms with Crippen molar-refractivity contribution in [2.24, 2.45) is 0 Å². The molecule has 1 aromatic rings. The quantitative estimate of drug-likeness (QED) is 0.715. The van der Waals surface area contributed by atoms with E-state index in [-0.39, 0.29) is 16.9 Å². The fraction of sp³-hybridized carbons (Fsp3) is 0.222. The molecular weight excluding hydrogens is 184 g/mol. The molecule has 0 bridgehead atoms. The lowest BCUT2D eigenvalue weighted by Gasteiger charge is -2.14. The van der Waals surface area contributed by atoms with E-state index in [9.17, 15) is 9.59 Å². The highest BCUT2D eigenvalue weighted by molar-refractivity contribution is 6.01. The predicted octanol–water partition coefficient (Wildman–Crippen LogP) is 0.658. The molecule has 74 valence electrons. The Kier molecular flexibility index (Phi) is 2.81. The van der Waals surface area contributed by atoms with Crippen LogP contribution in [0.4, 0.5) is 5.82 Å². The van der Waals surface area contributed by atoms with Crippen molar-refractivity contribution in [3.63, 3.8) is 0 Å². The maximum atomic E-state index is 10.9. The van der Waals surface area contributed by atoms with Crippen LogP contribution in [0.5, 0.6) is 0 Å². The minimum absolute atomic E-state index is 0.0625. The van der Waals surface area contributed by atoms with Crippen molar-refractivity contribution in [3.8, 4) is 0 Å². The number of carboxylic acid groups (broad SMARTS) is 1. The summed E-state index contributed by atoms with van der Waals surface area (Å²) in [5, 5.41) is 8.90. The van der Waals surface area contributed by atoms with E-state index in [0.717, 1.165) is 0 Å². The second-order valence-electron chi connectivity index (χ2n) is 2.92. The van der Waals surface area contributed by atoms with Crippen LogP contribution in [0.1, 0.15) is 20.7 Å². The number of aldehydes is 1. The molecule has 0 fully saturated rings. The second kappa shape index (κ2) is 3.87. The fourth-order valence-electron chi connectivity index (χ4n) is 1.12. The number of hydrogen-bond donors (Lipinski definition) is 1.